The molecule has 1 rings (SSSR count). The van der Waals surface area contributed by atoms with Crippen molar-refractivity contribution in [2.24, 2.45) is 0 Å². The zero-order valence-electron chi connectivity index (χ0n) is 10.1. The fourth-order valence-corrected chi connectivity index (χ4v) is 1.89. The molecule has 1 aromatic carbocycles. The largest absolute Gasteiger partial charge is 0.374 e. The first-order chi connectivity index (χ1) is 7.07. The first-order valence-electron chi connectivity index (χ1n) is 5.41. The van der Waals surface area contributed by atoms with E-state index in [1.807, 2.05) is 0 Å². The molecular weight excluding hydrogens is 206 g/mol. The second-order valence-corrected chi connectivity index (χ2v) is 4.49. The molecule has 0 N–H and O–H groups in total. The molecule has 0 radical (unpaired) electrons. The minimum Gasteiger partial charge on any atom is -0.374 e. The van der Waals surface area contributed by atoms with Gasteiger partial charge in [0, 0.05) is 25.2 Å². The Bertz CT molecular complexity index is 334. The van der Waals surface area contributed by atoms with Crippen molar-refractivity contribution in [3.63, 3.8) is 0 Å². The van der Waals surface area contributed by atoms with Gasteiger partial charge < -0.3 is 4.90 Å². The van der Waals surface area contributed by atoms with Crippen LogP contribution in [0.3, 0.4) is 0 Å². The molecule has 0 aliphatic rings. The Kier molecular flexibility index (Phi) is 4.46. The standard InChI is InChI=1S/C13H20ClN/c1-10-6-7-13(12(3)11(10)2)15(4)9-5-8-14/h6-7H,5,8-9H2,1-4H3. The van der Waals surface area contributed by atoms with Crippen LogP contribution in [0.15, 0.2) is 12.1 Å². The number of benzene rings is 1. The fraction of sp³-hybridized carbons (Fsp3) is 0.538. The predicted octanol–water partition coefficient (Wildman–Crippen LogP) is 3.68. The van der Waals surface area contributed by atoms with Crippen molar-refractivity contribution in [2.45, 2.75) is 27.2 Å². The third-order valence-corrected chi connectivity index (χ3v) is 3.34. The lowest BCUT2D eigenvalue weighted by Gasteiger charge is -2.22. The highest BCUT2D eigenvalue weighted by Gasteiger charge is 2.07. The van der Waals surface area contributed by atoms with Crippen molar-refractivity contribution in [3.05, 3.63) is 28.8 Å². The molecule has 0 unspecified atom stereocenters. The first kappa shape index (κ1) is 12.4. The highest BCUT2D eigenvalue weighted by Crippen LogP contribution is 2.24. The molecule has 0 aliphatic carbocycles. The zero-order chi connectivity index (χ0) is 11.4. The van der Waals surface area contributed by atoms with E-state index < -0.39 is 0 Å². The summed E-state index contributed by atoms with van der Waals surface area (Å²) in [5, 5.41) is 0. The van der Waals surface area contributed by atoms with Crippen LogP contribution in [-0.2, 0) is 0 Å². The molecule has 1 aromatic rings. The normalized spacial score (nSPS) is 10.5. The van der Waals surface area contributed by atoms with Crippen LogP contribution in [0.5, 0.6) is 0 Å². The molecule has 0 heterocycles. The van der Waals surface area contributed by atoms with Gasteiger partial charge >= 0.3 is 0 Å². The van der Waals surface area contributed by atoms with Crippen molar-refractivity contribution < 1.29 is 0 Å². The topological polar surface area (TPSA) is 3.24 Å². The van der Waals surface area contributed by atoms with Crippen molar-refractivity contribution in [1.82, 2.24) is 0 Å². The van der Waals surface area contributed by atoms with Crippen LogP contribution in [0.2, 0.25) is 0 Å². The number of aryl methyl sites for hydroxylation is 1. The van der Waals surface area contributed by atoms with E-state index in [1.54, 1.807) is 0 Å². The van der Waals surface area contributed by atoms with Gasteiger partial charge in [-0.05, 0) is 49.9 Å². The molecule has 0 atom stereocenters. The molecule has 84 valence electrons. The maximum atomic E-state index is 5.70. The smallest absolute Gasteiger partial charge is 0.0396 e. The van der Waals surface area contributed by atoms with Crippen LogP contribution >= 0.6 is 11.6 Å². The molecule has 0 bridgehead atoms. The first-order valence-corrected chi connectivity index (χ1v) is 5.95. The van der Waals surface area contributed by atoms with E-state index >= 15 is 0 Å². The summed E-state index contributed by atoms with van der Waals surface area (Å²) in [5.74, 6) is 0.730. The van der Waals surface area contributed by atoms with Crippen molar-refractivity contribution >= 4 is 17.3 Å². The summed E-state index contributed by atoms with van der Waals surface area (Å²) in [6.45, 7) is 7.55. The molecular formula is C13H20ClN. The number of alkyl halides is 1. The van der Waals surface area contributed by atoms with Crippen LogP contribution in [-0.4, -0.2) is 19.5 Å². The summed E-state index contributed by atoms with van der Waals surface area (Å²) in [6, 6.07) is 4.39. The predicted molar refractivity (Wildman–Crippen MR) is 69.3 cm³/mol. The summed E-state index contributed by atoms with van der Waals surface area (Å²) >= 11 is 5.70. The summed E-state index contributed by atoms with van der Waals surface area (Å²) in [5.41, 5.74) is 5.46. The van der Waals surface area contributed by atoms with Gasteiger partial charge in [-0.3, -0.25) is 0 Å². The van der Waals surface area contributed by atoms with E-state index in [0.717, 1.165) is 18.8 Å². The van der Waals surface area contributed by atoms with Gasteiger partial charge in [0.15, 0.2) is 0 Å². The van der Waals surface area contributed by atoms with Crippen LogP contribution in [0.1, 0.15) is 23.1 Å². The molecule has 0 fully saturated rings. The van der Waals surface area contributed by atoms with E-state index in [0.29, 0.717) is 0 Å². The summed E-state index contributed by atoms with van der Waals surface area (Å²) in [6.07, 6.45) is 1.03. The molecule has 0 spiro atoms. The highest BCUT2D eigenvalue weighted by atomic mass is 35.5. The Morgan fingerprint density at radius 2 is 1.80 bits per heavy atom. The Labute approximate surface area is 98.0 Å². The molecule has 2 heteroatoms. The molecule has 1 nitrogen and oxygen atoms in total. The third-order valence-electron chi connectivity index (χ3n) is 3.07. The molecule has 0 saturated heterocycles. The van der Waals surface area contributed by atoms with Crippen LogP contribution in [0, 0.1) is 20.8 Å². The zero-order valence-corrected chi connectivity index (χ0v) is 10.9. The lowest BCUT2D eigenvalue weighted by atomic mass is 10.0. The summed E-state index contributed by atoms with van der Waals surface area (Å²) in [4.78, 5) is 2.28. The lowest BCUT2D eigenvalue weighted by molar-refractivity contribution is 0.852. The number of hydrogen-bond donors (Lipinski definition) is 0. The van der Waals surface area contributed by atoms with E-state index in [1.165, 1.54) is 22.4 Å². The van der Waals surface area contributed by atoms with Crippen LogP contribution in [0.4, 0.5) is 5.69 Å². The molecule has 0 amide bonds. The van der Waals surface area contributed by atoms with Gasteiger partial charge in [0.05, 0.1) is 0 Å². The van der Waals surface area contributed by atoms with Gasteiger partial charge in [0.1, 0.15) is 0 Å². The average Bonchev–Trinajstić information content (AvgIpc) is 2.23. The van der Waals surface area contributed by atoms with Crippen molar-refractivity contribution in [2.75, 3.05) is 24.4 Å². The minimum atomic E-state index is 0.730. The number of hydrogen-bond acceptors (Lipinski definition) is 1. The molecule has 0 aliphatic heterocycles. The quantitative estimate of drug-likeness (QED) is 0.707. The number of nitrogens with zero attached hydrogens (tertiary/aromatic N) is 1. The maximum absolute atomic E-state index is 5.70. The Morgan fingerprint density at radius 3 is 2.40 bits per heavy atom. The van der Waals surface area contributed by atoms with Crippen molar-refractivity contribution in [1.29, 1.82) is 0 Å². The van der Waals surface area contributed by atoms with Gasteiger partial charge in [-0.15, -0.1) is 11.6 Å². The lowest BCUT2D eigenvalue weighted by Crippen LogP contribution is -2.20. The number of anilines is 1. The van der Waals surface area contributed by atoms with Gasteiger partial charge in [0.25, 0.3) is 0 Å². The summed E-state index contributed by atoms with van der Waals surface area (Å²) in [7, 11) is 2.13. The number of rotatable bonds is 4. The van der Waals surface area contributed by atoms with E-state index in [4.69, 9.17) is 11.6 Å². The SMILES string of the molecule is Cc1ccc(N(C)CCCCl)c(C)c1C. The Morgan fingerprint density at radius 1 is 1.13 bits per heavy atom. The second-order valence-electron chi connectivity index (χ2n) is 4.12. The fourth-order valence-electron chi connectivity index (χ4n) is 1.77. The van der Waals surface area contributed by atoms with Crippen LogP contribution < -0.4 is 4.90 Å². The monoisotopic (exact) mass is 225 g/mol. The van der Waals surface area contributed by atoms with Crippen molar-refractivity contribution in [3.8, 4) is 0 Å². The average molecular weight is 226 g/mol. The molecule has 15 heavy (non-hydrogen) atoms. The Hall–Kier alpha value is -0.690. The molecule has 0 aromatic heterocycles. The van der Waals surface area contributed by atoms with Gasteiger partial charge in [0.2, 0.25) is 0 Å². The van der Waals surface area contributed by atoms with E-state index in [2.05, 4.69) is 44.9 Å². The van der Waals surface area contributed by atoms with Gasteiger partial charge in [-0.1, -0.05) is 6.07 Å². The van der Waals surface area contributed by atoms with E-state index in [-0.39, 0.29) is 0 Å². The van der Waals surface area contributed by atoms with Crippen LogP contribution in [0.25, 0.3) is 0 Å². The van der Waals surface area contributed by atoms with Gasteiger partial charge in [-0.25, -0.2) is 0 Å². The molecule has 0 saturated carbocycles. The second kappa shape index (κ2) is 5.41. The minimum absolute atomic E-state index is 0.730. The number of halogens is 1. The highest BCUT2D eigenvalue weighted by molar-refractivity contribution is 6.17. The Balaban J connectivity index is 2.90. The van der Waals surface area contributed by atoms with Gasteiger partial charge in [-0.2, -0.15) is 0 Å². The van der Waals surface area contributed by atoms with E-state index in [9.17, 15) is 0 Å². The third kappa shape index (κ3) is 2.88. The maximum Gasteiger partial charge on any atom is 0.0396 e. The summed E-state index contributed by atoms with van der Waals surface area (Å²) < 4.78 is 0.